The lowest BCUT2D eigenvalue weighted by atomic mass is 9.96. The summed E-state index contributed by atoms with van der Waals surface area (Å²) < 4.78 is 34.5. The van der Waals surface area contributed by atoms with Gasteiger partial charge in [0.1, 0.15) is 73.2 Å². The summed E-state index contributed by atoms with van der Waals surface area (Å²) >= 11 is 0. The van der Waals surface area contributed by atoms with Crippen LogP contribution >= 0.6 is 0 Å². The van der Waals surface area contributed by atoms with Crippen molar-refractivity contribution in [3.05, 3.63) is 134 Å². The van der Waals surface area contributed by atoms with Gasteiger partial charge in [-0.15, -0.1) is 0 Å². The van der Waals surface area contributed by atoms with E-state index in [2.05, 4.69) is 141 Å². The molecule has 3 aliphatic heterocycles. The molecule has 3 rings (SSSR count). The standard InChI is InChI=1S/C92H157NO18/c1-3-5-7-9-11-13-15-17-19-21-23-25-27-29-31-32-33-34-35-36-37-38-39-40-41-42-44-46-48-50-52-54-56-58-60-62-64-66-68-70-80(98)93-75(76(97)69-67-65-63-61-59-57-55-53-51-49-47-45-43-30-28-26-24-22-20-18-16-14-12-10-8-6-4-2)74-106-90-86(104)83(101)88(78(72-95)108-90)111-92-87(105)84(102)89(79(73-96)109-92)110-91-85(103)82(100)81(99)77(71-94)107-91/h5,7,11,13,17,19,23,25,29,31,33-34,36-37,39-40,42,44,48,50,67,69,75-79,81-92,94-97,99-105H,3-4,6,8-10,12,14-16,18,20-22,24,26-28,30,32,35,38,41,43,45-47,49,51-66,68,70-74H2,1-2H3,(H,93,98)/b7-5-,13-11-,19-17-,25-23-,31-29-,34-33-,37-36-,40-39-,44-42-,50-48-,69-67+. The summed E-state index contributed by atoms with van der Waals surface area (Å²) in [5, 5.41) is 121. The largest absolute Gasteiger partial charge is 0.394 e. The van der Waals surface area contributed by atoms with Crippen LogP contribution in [0.1, 0.15) is 309 Å². The Morgan fingerprint density at radius 2 is 0.622 bits per heavy atom. The first-order valence-corrected chi connectivity index (χ1v) is 43.9. The third-order valence-corrected chi connectivity index (χ3v) is 21.0. The number of aliphatic hydroxyl groups excluding tert-OH is 11. The molecule has 638 valence electrons. The molecule has 0 bridgehead atoms. The van der Waals surface area contributed by atoms with E-state index in [9.17, 15) is 61.0 Å². The minimum atomic E-state index is -1.99. The van der Waals surface area contributed by atoms with Gasteiger partial charge in [0.15, 0.2) is 18.9 Å². The number of hydrogen-bond donors (Lipinski definition) is 12. The van der Waals surface area contributed by atoms with Crippen LogP contribution in [0.5, 0.6) is 0 Å². The van der Waals surface area contributed by atoms with E-state index in [-0.39, 0.29) is 18.9 Å². The van der Waals surface area contributed by atoms with Gasteiger partial charge in [0.05, 0.1) is 38.6 Å². The highest BCUT2D eigenvalue weighted by molar-refractivity contribution is 5.76. The molecule has 17 atom stereocenters. The van der Waals surface area contributed by atoms with Crippen LogP contribution in [0.4, 0.5) is 0 Å². The number of unbranched alkanes of at least 4 members (excludes halogenated alkanes) is 33. The highest BCUT2D eigenvalue weighted by atomic mass is 16.8. The second-order valence-corrected chi connectivity index (χ2v) is 30.6. The Labute approximate surface area is 670 Å². The predicted octanol–water partition coefficient (Wildman–Crippen LogP) is 16.4. The Hall–Kier alpha value is -4.07. The zero-order valence-corrected chi connectivity index (χ0v) is 68.6. The first kappa shape index (κ1) is 101. The van der Waals surface area contributed by atoms with Gasteiger partial charge in [-0.3, -0.25) is 4.79 Å². The molecule has 0 saturated carbocycles. The van der Waals surface area contributed by atoms with Crippen molar-refractivity contribution in [1.82, 2.24) is 5.32 Å². The number of carbonyl (C=O) groups excluding carboxylic acids is 1. The van der Waals surface area contributed by atoms with E-state index in [1.54, 1.807) is 6.08 Å². The molecular weight excluding hydrogens is 1410 g/mol. The maximum Gasteiger partial charge on any atom is 0.220 e. The first-order chi connectivity index (χ1) is 54.3. The minimum Gasteiger partial charge on any atom is -0.394 e. The van der Waals surface area contributed by atoms with Crippen LogP contribution in [0, 0.1) is 0 Å². The molecule has 111 heavy (non-hydrogen) atoms. The number of amides is 1. The molecule has 0 aromatic rings. The van der Waals surface area contributed by atoms with Gasteiger partial charge in [-0.25, -0.2) is 0 Å². The SMILES string of the molecule is CC/C=C\C/C=C\C/C=C\C/C=C\C/C=C\C/C=C\C/C=C\C/C=C\C/C=C\C/C=C\CCCCCCCCCCC(=O)NC(COC1OC(CO)C(OC2OC(CO)C(OC3OC(CO)C(O)C(O)C3O)C(O)C2O)C(O)C1O)C(O)/C=C/CCCCCCCCCCCCCCCCCCCCCCCCCCC. The lowest BCUT2D eigenvalue weighted by Gasteiger charge is -2.48. The van der Waals surface area contributed by atoms with Crippen LogP contribution in [0.15, 0.2) is 134 Å². The summed E-state index contributed by atoms with van der Waals surface area (Å²) in [5.74, 6) is -0.286. The predicted molar refractivity (Wildman–Crippen MR) is 447 cm³/mol. The molecule has 19 nitrogen and oxygen atoms in total. The summed E-state index contributed by atoms with van der Waals surface area (Å²) in [7, 11) is 0. The van der Waals surface area contributed by atoms with Crippen molar-refractivity contribution < 1.29 is 89.4 Å². The van der Waals surface area contributed by atoms with Crippen molar-refractivity contribution in [3.63, 3.8) is 0 Å². The Balaban J connectivity index is 1.35. The number of hydrogen-bond acceptors (Lipinski definition) is 18. The number of allylic oxidation sites excluding steroid dienone is 21. The second-order valence-electron chi connectivity index (χ2n) is 30.6. The molecule has 3 heterocycles. The Bertz CT molecular complexity index is 2530. The summed E-state index contributed by atoms with van der Waals surface area (Å²) in [4.78, 5) is 13.5. The van der Waals surface area contributed by atoms with Crippen LogP contribution < -0.4 is 5.32 Å². The maximum atomic E-state index is 13.5. The molecule has 3 aliphatic rings. The van der Waals surface area contributed by atoms with Gasteiger partial charge < -0.3 is 89.9 Å². The average molecular weight is 1570 g/mol. The van der Waals surface area contributed by atoms with E-state index in [4.69, 9.17) is 28.4 Å². The van der Waals surface area contributed by atoms with Crippen molar-refractivity contribution in [2.45, 2.75) is 413 Å². The molecule has 1 amide bonds. The van der Waals surface area contributed by atoms with Gasteiger partial charge in [0, 0.05) is 6.42 Å². The Morgan fingerprint density at radius 3 is 0.973 bits per heavy atom. The fourth-order valence-electron chi connectivity index (χ4n) is 14.0. The van der Waals surface area contributed by atoms with Gasteiger partial charge in [0.2, 0.25) is 5.91 Å². The van der Waals surface area contributed by atoms with Gasteiger partial charge >= 0.3 is 0 Å². The molecule has 3 fully saturated rings. The molecule has 0 spiro atoms. The Morgan fingerprint density at radius 1 is 0.333 bits per heavy atom. The normalized spacial score (nSPS) is 25.7. The van der Waals surface area contributed by atoms with E-state index in [0.717, 1.165) is 135 Å². The Kier molecular flexibility index (Phi) is 63.9. The van der Waals surface area contributed by atoms with E-state index in [1.165, 1.54) is 148 Å². The van der Waals surface area contributed by atoms with Gasteiger partial charge in [-0.2, -0.15) is 0 Å². The number of nitrogens with one attached hydrogen (secondary N) is 1. The lowest BCUT2D eigenvalue weighted by Crippen LogP contribution is -2.66. The number of ether oxygens (including phenoxy) is 6. The fourth-order valence-corrected chi connectivity index (χ4v) is 14.0. The molecule has 17 unspecified atom stereocenters. The summed E-state index contributed by atoms with van der Waals surface area (Å²) in [6, 6.07) is -0.989. The number of carbonyl (C=O) groups is 1. The fraction of sp³-hybridized carbons (Fsp3) is 0.750. The highest BCUT2D eigenvalue weighted by Gasteiger charge is 2.54. The lowest BCUT2D eigenvalue weighted by molar-refractivity contribution is -0.379. The zero-order chi connectivity index (χ0) is 80.3. The van der Waals surface area contributed by atoms with Crippen LogP contribution in [0.2, 0.25) is 0 Å². The molecule has 0 aliphatic carbocycles. The molecular formula is C92H157NO18. The molecule has 3 saturated heterocycles. The summed E-state index contributed by atoms with van der Waals surface area (Å²) in [6.45, 7) is 1.64. The third kappa shape index (κ3) is 48.9. The molecule has 0 aromatic carbocycles. The highest BCUT2D eigenvalue weighted by Crippen LogP contribution is 2.33. The molecule has 12 N–H and O–H groups in total. The zero-order valence-electron chi connectivity index (χ0n) is 68.6. The second kappa shape index (κ2) is 70.2. The molecule has 0 radical (unpaired) electrons. The van der Waals surface area contributed by atoms with E-state index >= 15 is 0 Å². The van der Waals surface area contributed by atoms with Crippen LogP contribution in [0.3, 0.4) is 0 Å². The van der Waals surface area contributed by atoms with E-state index < -0.39 is 124 Å². The third-order valence-electron chi connectivity index (χ3n) is 21.0. The van der Waals surface area contributed by atoms with Crippen LogP contribution in [0.25, 0.3) is 0 Å². The van der Waals surface area contributed by atoms with E-state index in [1.807, 2.05) is 6.08 Å². The van der Waals surface area contributed by atoms with E-state index in [0.29, 0.717) is 6.42 Å². The maximum absolute atomic E-state index is 13.5. The van der Waals surface area contributed by atoms with Crippen molar-refractivity contribution in [3.8, 4) is 0 Å². The first-order valence-electron chi connectivity index (χ1n) is 43.9. The van der Waals surface area contributed by atoms with Gasteiger partial charge in [-0.1, -0.05) is 340 Å². The van der Waals surface area contributed by atoms with Gasteiger partial charge in [0.25, 0.3) is 0 Å². The number of aliphatic hydroxyl groups is 11. The van der Waals surface area contributed by atoms with Crippen LogP contribution in [-0.2, 0) is 33.2 Å². The number of rotatable bonds is 69. The van der Waals surface area contributed by atoms with Crippen LogP contribution in [-0.4, -0.2) is 193 Å². The molecule has 0 aromatic heterocycles. The van der Waals surface area contributed by atoms with Crippen molar-refractivity contribution in [1.29, 1.82) is 0 Å². The topological polar surface area (TPSA) is 307 Å². The van der Waals surface area contributed by atoms with Gasteiger partial charge in [-0.05, 0) is 96.3 Å². The molecule has 19 heteroatoms. The van der Waals surface area contributed by atoms with Crippen molar-refractivity contribution >= 4 is 5.91 Å². The summed E-state index contributed by atoms with van der Waals surface area (Å²) in [6.07, 6.45) is 74.3. The van der Waals surface area contributed by atoms with Crippen molar-refractivity contribution in [2.75, 3.05) is 26.4 Å². The average Bonchev–Trinajstić information content (AvgIpc) is 0.780. The summed E-state index contributed by atoms with van der Waals surface area (Å²) in [5.41, 5.74) is 0. The van der Waals surface area contributed by atoms with Crippen molar-refractivity contribution in [2.24, 2.45) is 0 Å². The minimum absolute atomic E-state index is 0.226. The monoisotopic (exact) mass is 1560 g/mol. The quantitative estimate of drug-likeness (QED) is 0.0199. The smallest absolute Gasteiger partial charge is 0.220 e.